The van der Waals surface area contributed by atoms with Crippen LogP contribution >= 0.6 is 0 Å². The number of hydrogen-bond acceptors (Lipinski definition) is 3. The van der Waals surface area contributed by atoms with Crippen LogP contribution in [0.3, 0.4) is 0 Å². The van der Waals surface area contributed by atoms with Gasteiger partial charge in [-0.15, -0.1) is 0 Å². The molecule has 0 saturated heterocycles. The number of ketones is 1. The normalized spacial score (nSPS) is 16.0. The molecule has 0 fully saturated rings. The van der Waals surface area contributed by atoms with Crippen molar-refractivity contribution >= 4 is 5.78 Å². The van der Waals surface area contributed by atoms with Gasteiger partial charge in [-0.3, -0.25) is 4.79 Å². The van der Waals surface area contributed by atoms with Crippen molar-refractivity contribution in [2.24, 2.45) is 0 Å². The minimum absolute atomic E-state index is 0.00700. The largest absolute Gasteiger partial charge is 0.346 e. The summed E-state index contributed by atoms with van der Waals surface area (Å²) in [5, 5.41) is 0. The van der Waals surface area contributed by atoms with Crippen LogP contribution in [-0.2, 0) is 21.7 Å². The van der Waals surface area contributed by atoms with Crippen molar-refractivity contribution in [2.75, 3.05) is 14.2 Å². The molecule has 3 rings (SSSR count). The molecule has 0 radical (unpaired) electrons. The Bertz CT molecular complexity index is 753. The molecule has 0 spiro atoms. The smallest absolute Gasteiger partial charge is 0.219 e. The van der Waals surface area contributed by atoms with Crippen molar-refractivity contribution in [3.8, 4) is 0 Å². The van der Waals surface area contributed by atoms with E-state index in [0.717, 1.165) is 16.7 Å². The molecule has 2 aromatic carbocycles. The number of aryl methyl sites for hydroxylation is 1. The first-order valence-corrected chi connectivity index (χ1v) is 7.61. The highest BCUT2D eigenvalue weighted by atomic mass is 16.7. The molecule has 0 aromatic heterocycles. The number of carbonyl (C=O) groups is 1. The van der Waals surface area contributed by atoms with Gasteiger partial charge in [0.05, 0.1) is 0 Å². The fraction of sp³-hybridized carbons (Fsp3) is 0.250. The molecule has 0 unspecified atom stereocenters. The van der Waals surface area contributed by atoms with Crippen molar-refractivity contribution < 1.29 is 14.3 Å². The summed E-state index contributed by atoms with van der Waals surface area (Å²) in [5.74, 6) is -1.03. The Morgan fingerprint density at radius 3 is 2.26 bits per heavy atom. The number of carbonyl (C=O) groups excluding carboxylic acids is 1. The van der Waals surface area contributed by atoms with Gasteiger partial charge in [0.15, 0.2) is 5.78 Å². The van der Waals surface area contributed by atoms with Crippen molar-refractivity contribution in [1.82, 2.24) is 0 Å². The minimum atomic E-state index is -1.02. The highest BCUT2D eigenvalue weighted by Gasteiger charge is 2.42. The number of rotatable bonds is 4. The third-order valence-electron chi connectivity index (χ3n) is 4.37. The minimum Gasteiger partial charge on any atom is -0.346 e. The number of ether oxygens (including phenoxy) is 2. The first-order chi connectivity index (χ1) is 11.1. The van der Waals surface area contributed by atoms with Crippen LogP contribution in [0.25, 0.3) is 0 Å². The van der Waals surface area contributed by atoms with Crippen LogP contribution < -0.4 is 0 Å². The van der Waals surface area contributed by atoms with Crippen LogP contribution in [0.15, 0.2) is 60.2 Å². The number of fused-ring (bicyclic) bond motifs is 1. The van der Waals surface area contributed by atoms with Gasteiger partial charge in [0.1, 0.15) is 0 Å². The fourth-order valence-corrected chi connectivity index (χ4v) is 3.15. The highest BCUT2D eigenvalue weighted by molar-refractivity contribution is 6.07. The topological polar surface area (TPSA) is 35.5 Å². The molecule has 0 bridgehead atoms. The summed E-state index contributed by atoms with van der Waals surface area (Å²) in [6.45, 7) is 2.05. The second-order valence-electron chi connectivity index (χ2n) is 5.77. The molecule has 3 heteroatoms. The van der Waals surface area contributed by atoms with Crippen LogP contribution in [0, 0.1) is 6.92 Å². The molecule has 118 valence electrons. The maximum Gasteiger partial charge on any atom is 0.219 e. The van der Waals surface area contributed by atoms with Crippen LogP contribution in [0.4, 0.5) is 0 Å². The molecule has 23 heavy (non-hydrogen) atoms. The second kappa shape index (κ2) is 6.11. The molecule has 0 aliphatic heterocycles. The molecule has 0 amide bonds. The van der Waals surface area contributed by atoms with E-state index in [2.05, 4.69) is 31.2 Å². The van der Waals surface area contributed by atoms with Crippen LogP contribution in [0.5, 0.6) is 0 Å². The van der Waals surface area contributed by atoms with E-state index < -0.39 is 5.79 Å². The van der Waals surface area contributed by atoms with E-state index in [1.165, 1.54) is 5.56 Å². The van der Waals surface area contributed by atoms with Gasteiger partial charge in [-0.1, -0.05) is 54.1 Å². The monoisotopic (exact) mass is 308 g/mol. The van der Waals surface area contributed by atoms with Crippen molar-refractivity contribution in [2.45, 2.75) is 19.1 Å². The summed E-state index contributed by atoms with van der Waals surface area (Å²) >= 11 is 0. The SMILES string of the molecule is COC1(OC)C(Cc2ccc(C)cc2)=CC(=O)c2ccccc21. The van der Waals surface area contributed by atoms with Crippen LogP contribution in [-0.4, -0.2) is 20.0 Å². The highest BCUT2D eigenvalue weighted by Crippen LogP contribution is 2.41. The lowest BCUT2D eigenvalue weighted by atomic mass is 9.82. The zero-order chi connectivity index (χ0) is 16.4. The molecular formula is C20H20O3. The second-order valence-corrected chi connectivity index (χ2v) is 5.77. The summed E-state index contributed by atoms with van der Waals surface area (Å²) in [5.41, 5.74) is 4.53. The van der Waals surface area contributed by atoms with E-state index in [0.29, 0.717) is 12.0 Å². The van der Waals surface area contributed by atoms with Gasteiger partial charge in [0, 0.05) is 30.9 Å². The average molecular weight is 308 g/mol. The molecule has 0 saturated carbocycles. The Morgan fingerprint density at radius 2 is 1.61 bits per heavy atom. The van der Waals surface area contributed by atoms with Crippen molar-refractivity contribution in [3.63, 3.8) is 0 Å². The van der Waals surface area contributed by atoms with Crippen molar-refractivity contribution in [1.29, 1.82) is 0 Å². The lowest BCUT2D eigenvalue weighted by Gasteiger charge is -2.37. The molecule has 1 aliphatic rings. The number of hydrogen-bond donors (Lipinski definition) is 0. The van der Waals surface area contributed by atoms with E-state index in [9.17, 15) is 4.79 Å². The number of benzene rings is 2. The van der Waals surface area contributed by atoms with Gasteiger partial charge in [-0.25, -0.2) is 0 Å². The number of allylic oxidation sites excluding steroid dienone is 1. The van der Waals surface area contributed by atoms with E-state index >= 15 is 0 Å². The maximum absolute atomic E-state index is 12.5. The summed E-state index contributed by atoms with van der Waals surface area (Å²) in [6.07, 6.45) is 2.25. The predicted molar refractivity (Wildman–Crippen MR) is 89.4 cm³/mol. The molecule has 0 N–H and O–H groups in total. The van der Waals surface area contributed by atoms with Gasteiger partial charge in [0.25, 0.3) is 0 Å². The van der Waals surface area contributed by atoms with E-state index in [1.54, 1.807) is 20.3 Å². The zero-order valence-corrected chi connectivity index (χ0v) is 13.6. The lowest BCUT2D eigenvalue weighted by Crippen LogP contribution is -2.38. The predicted octanol–water partition coefficient (Wildman–Crippen LogP) is 3.81. The third-order valence-corrected chi connectivity index (χ3v) is 4.37. The Balaban J connectivity index is 2.08. The number of methoxy groups -OCH3 is 2. The summed E-state index contributed by atoms with van der Waals surface area (Å²) < 4.78 is 11.5. The Labute approximate surface area is 136 Å². The molecule has 0 atom stereocenters. The Kier molecular flexibility index (Phi) is 4.16. The van der Waals surface area contributed by atoms with E-state index in [1.807, 2.05) is 24.3 Å². The molecule has 0 heterocycles. The first kappa shape index (κ1) is 15.7. The summed E-state index contributed by atoms with van der Waals surface area (Å²) in [4.78, 5) is 12.5. The van der Waals surface area contributed by atoms with Crippen LogP contribution in [0.2, 0.25) is 0 Å². The van der Waals surface area contributed by atoms with Crippen molar-refractivity contribution in [3.05, 3.63) is 82.4 Å². The Hall–Kier alpha value is -2.23. The van der Waals surface area contributed by atoms with Gasteiger partial charge < -0.3 is 9.47 Å². The maximum atomic E-state index is 12.5. The lowest BCUT2D eigenvalue weighted by molar-refractivity contribution is -0.188. The molecule has 2 aromatic rings. The molecule has 1 aliphatic carbocycles. The average Bonchev–Trinajstić information content (AvgIpc) is 2.58. The fourth-order valence-electron chi connectivity index (χ4n) is 3.15. The van der Waals surface area contributed by atoms with Gasteiger partial charge in [0.2, 0.25) is 5.79 Å². The molecule has 3 nitrogen and oxygen atoms in total. The summed E-state index contributed by atoms with van der Waals surface area (Å²) in [7, 11) is 3.22. The third kappa shape index (κ3) is 2.62. The van der Waals surface area contributed by atoms with Gasteiger partial charge in [-0.05, 0) is 25.0 Å². The van der Waals surface area contributed by atoms with Gasteiger partial charge >= 0.3 is 0 Å². The molecular weight excluding hydrogens is 288 g/mol. The quantitative estimate of drug-likeness (QED) is 0.806. The first-order valence-electron chi connectivity index (χ1n) is 7.61. The van der Waals surface area contributed by atoms with Gasteiger partial charge in [-0.2, -0.15) is 0 Å². The zero-order valence-electron chi connectivity index (χ0n) is 13.6. The van der Waals surface area contributed by atoms with Crippen LogP contribution in [0.1, 0.15) is 27.0 Å². The summed E-state index contributed by atoms with van der Waals surface area (Å²) in [6, 6.07) is 15.7. The van der Waals surface area contributed by atoms with E-state index in [4.69, 9.17) is 9.47 Å². The Morgan fingerprint density at radius 1 is 0.957 bits per heavy atom. The standard InChI is InChI=1S/C20H20O3/c1-14-8-10-15(11-9-14)12-16-13-19(21)17-6-4-5-7-18(17)20(16,22-2)23-3/h4-11,13H,12H2,1-3H3. The van der Waals surface area contributed by atoms with E-state index in [-0.39, 0.29) is 5.78 Å².